The first kappa shape index (κ1) is 19.3. The molecule has 0 radical (unpaired) electrons. The van der Waals surface area contributed by atoms with E-state index in [9.17, 15) is 0 Å². The van der Waals surface area contributed by atoms with Crippen molar-refractivity contribution < 1.29 is 8.98 Å². The molecule has 158 valence electrons. The summed E-state index contributed by atoms with van der Waals surface area (Å²) < 4.78 is 8.09. The second-order valence-corrected chi connectivity index (χ2v) is 13.9. The molecule has 3 heterocycles. The zero-order chi connectivity index (χ0) is 22.2. The van der Waals surface area contributed by atoms with Crippen molar-refractivity contribution in [1.29, 1.82) is 0 Å². The van der Waals surface area contributed by atoms with Crippen molar-refractivity contribution in [1.82, 2.24) is 0 Å². The molecule has 4 heteroatoms. The molecule has 2 aromatic heterocycles. The fourth-order valence-corrected chi connectivity index (χ4v) is 7.76. The highest BCUT2D eigenvalue weighted by Crippen LogP contribution is 2.48. The average molecular weight is 436 g/mol. The second kappa shape index (κ2) is 6.56. The van der Waals surface area contributed by atoms with Crippen LogP contribution in [0.15, 0.2) is 77.5 Å². The fraction of sp³-hybridized carbons (Fsp3) is 0.179. The Morgan fingerprint density at radius 1 is 0.906 bits per heavy atom. The van der Waals surface area contributed by atoms with Gasteiger partial charge in [-0.25, -0.2) is 4.57 Å². The number of hydrogen-bond acceptors (Lipinski definition) is 2. The largest absolute Gasteiger partial charge is 0.464 e. The summed E-state index contributed by atoms with van der Waals surface area (Å²) >= 11 is 0. The summed E-state index contributed by atoms with van der Waals surface area (Å²) in [5.41, 5.74) is 7.29. The van der Waals surface area contributed by atoms with E-state index in [-0.39, 0.29) is 0 Å². The quantitative estimate of drug-likeness (QED) is 0.277. The van der Waals surface area contributed by atoms with Gasteiger partial charge in [-0.05, 0) is 30.0 Å². The predicted molar refractivity (Wildman–Crippen MR) is 136 cm³/mol. The Morgan fingerprint density at radius 3 is 2.47 bits per heavy atom. The second-order valence-electron chi connectivity index (χ2n) is 9.51. The van der Waals surface area contributed by atoms with Gasteiger partial charge in [-0.15, -0.1) is 0 Å². The van der Waals surface area contributed by atoms with E-state index in [4.69, 9.17) is 4.42 Å². The minimum Gasteiger partial charge on any atom is -0.464 e. The van der Waals surface area contributed by atoms with Gasteiger partial charge in [-0.3, -0.25) is 0 Å². The standard InChI is InChI=1S/C28H27N2OSi/c1-18-22-12-14-31-25(22)17-24-26(18)28-27-19(11-13-29(28)2)15-21(16-23(27)30(24)3)32(4,5)20-9-7-6-8-10-20/h6-17H,1-5H3/q+1. The molecule has 0 amide bonds. The van der Waals surface area contributed by atoms with Crippen LogP contribution in [-0.4, -0.2) is 15.1 Å². The fourth-order valence-electron chi connectivity index (χ4n) is 5.39. The third kappa shape index (κ3) is 2.50. The topological polar surface area (TPSA) is 20.3 Å². The van der Waals surface area contributed by atoms with Crippen molar-refractivity contribution in [2.24, 2.45) is 7.05 Å². The Bertz CT molecular complexity index is 1530. The van der Waals surface area contributed by atoms with Crippen molar-refractivity contribution in [3.05, 3.63) is 78.7 Å². The summed E-state index contributed by atoms with van der Waals surface area (Å²) in [4.78, 5) is 2.36. The first-order chi connectivity index (χ1) is 15.4. The van der Waals surface area contributed by atoms with E-state index in [1.54, 1.807) is 6.26 Å². The van der Waals surface area contributed by atoms with Gasteiger partial charge in [0, 0.05) is 24.6 Å². The number of furan rings is 1. The van der Waals surface area contributed by atoms with E-state index >= 15 is 0 Å². The molecule has 5 aromatic rings. The van der Waals surface area contributed by atoms with E-state index < -0.39 is 8.07 Å². The summed E-state index contributed by atoms with van der Waals surface area (Å²) in [6.45, 7) is 7.12. The SMILES string of the molecule is Cc1c2c(cc3occc13)N(C)c1cc([Si](C)(C)c3ccccc3)cc3cc[n+](C)c-2c13. The Balaban J connectivity index is 1.70. The van der Waals surface area contributed by atoms with Crippen LogP contribution < -0.4 is 19.8 Å². The summed E-state index contributed by atoms with van der Waals surface area (Å²) in [6.07, 6.45) is 4.00. The number of pyridine rings is 1. The molecule has 0 fully saturated rings. The summed E-state index contributed by atoms with van der Waals surface area (Å²) in [5.74, 6) is 0. The first-order valence-corrected chi connectivity index (χ1v) is 14.2. The van der Waals surface area contributed by atoms with E-state index in [1.165, 1.54) is 54.7 Å². The average Bonchev–Trinajstić information content (AvgIpc) is 3.28. The van der Waals surface area contributed by atoms with Gasteiger partial charge in [0.05, 0.1) is 28.6 Å². The van der Waals surface area contributed by atoms with E-state index in [0.717, 1.165) is 5.58 Å². The third-order valence-corrected chi connectivity index (χ3v) is 10.9. The summed E-state index contributed by atoms with van der Waals surface area (Å²) in [5, 5.41) is 6.74. The van der Waals surface area contributed by atoms with Crippen molar-refractivity contribution >= 4 is 51.6 Å². The van der Waals surface area contributed by atoms with E-state index in [0.29, 0.717) is 0 Å². The zero-order valence-corrected chi connectivity index (χ0v) is 20.2. The highest BCUT2D eigenvalue weighted by atomic mass is 28.3. The predicted octanol–water partition coefficient (Wildman–Crippen LogP) is 5.29. The molecule has 1 aliphatic rings. The molecule has 3 nitrogen and oxygen atoms in total. The third-order valence-electron chi connectivity index (χ3n) is 7.39. The van der Waals surface area contributed by atoms with Crippen LogP contribution in [0, 0.1) is 6.92 Å². The molecule has 0 saturated heterocycles. The van der Waals surface area contributed by atoms with Crippen LogP contribution in [0.4, 0.5) is 11.4 Å². The molecule has 0 spiro atoms. The van der Waals surface area contributed by atoms with Gasteiger partial charge in [-0.1, -0.05) is 59.9 Å². The van der Waals surface area contributed by atoms with Gasteiger partial charge < -0.3 is 9.32 Å². The van der Waals surface area contributed by atoms with Crippen LogP contribution in [0.25, 0.3) is 33.0 Å². The number of nitrogens with zero attached hydrogens (tertiary/aromatic N) is 2. The van der Waals surface area contributed by atoms with E-state index in [1.807, 2.05) is 0 Å². The van der Waals surface area contributed by atoms with Crippen LogP contribution >= 0.6 is 0 Å². The maximum absolute atomic E-state index is 5.81. The molecule has 32 heavy (non-hydrogen) atoms. The van der Waals surface area contributed by atoms with Crippen LogP contribution in [0.1, 0.15) is 5.56 Å². The summed E-state index contributed by atoms with van der Waals surface area (Å²) in [7, 11) is 2.50. The number of aromatic nitrogens is 1. The van der Waals surface area contributed by atoms with Crippen molar-refractivity contribution in [3.8, 4) is 11.3 Å². The minimum absolute atomic E-state index is 0.946. The Labute approximate surface area is 189 Å². The molecule has 0 bridgehead atoms. The van der Waals surface area contributed by atoms with Gasteiger partial charge in [0.25, 0.3) is 0 Å². The maximum atomic E-state index is 5.81. The molecule has 3 aromatic carbocycles. The maximum Gasteiger partial charge on any atom is 0.224 e. The van der Waals surface area contributed by atoms with Gasteiger partial charge in [-0.2, -0.15) is 0 Å². The summed E-state index contributed by atoms with van der Waals surface area (Å²) in [6, 6.07) is 22.4. The van der Waals surface area contributed by atoms with Crippen molar-refractivity contribution in [2.75, 3.05) is 11.9 Å². The molecular formula is C28H27N2OSi+. The van der Waals surface area contributed by atoms with Crippen LogP contribution in [-0.2, 0) is 7.05 Å². The highest BCUT2D eigenvalue weighted by Gasteiger charge is 2.34. The number of rotatable bonds is 2. The molecule has 6 rings (SSSR count). The van der Waals surface area contributed by atoms with Crippen LogP contribution in [0.3, 0.4) is 0 Å². The minimum atomic E-state index is -1.84. The Kier molecular flexibility index (Phi) is 3.96. The van der Waals surface area contributed by atoms with Gasteiger partial charge in [0.1, 0.15) is 20.7 Å². The number of hydrogen-bond donors (Lipinski definition) is 0. The number of aryl methyl sites for hydroxylation is 2. The molecule has 0 N–H and O–H groups in total. The normalized spacial score (nSPS) is 13.1. The van der Waals surface area contributed by atoms with Gasteiger partial charge in [0.2, 0.25) is 5.69 Å². The number of fused-ring (bicyclic) bond motifs is 3. The van der Waals surface area contributed by atoms with Crippen LogP contribution in [0.2, 0.25) is 13.1 Å². The van der Waals surface area contributed by atoms with Gasteiger partial charge >= 0.3 is 0 Å². The van der Waals surface area contributed by atoms with Crippen LogP contribution in [0.5, 0.6) is 0 Å². The molecule has 0 aliphatic carbocycles. The van der Waals surface area contributed by atoms with Crippen molar-refractivity contribution in [2.45, 2.75) is 20.0 Å². The van der Waals surface area contributed by atoms with E-state index in [2.05, 4.69) is 110 Å². The molecular weight excluding hydrogens is 408 g/mol. The highest BCUT2D eigenvalue weighted by molar-refractivity contribution is 7.00. The number of anilines is 2. The molecule has 1 aliphatic heterocycles. The van der Waals surface area contributed by atoms with Gasteiger partial charge in [0.15, 0.2) is 6.20 Å². The lowest BCUT2D eigenvalue weighted by molar-refractivity contribution is -0.659. The molecule has 0 saturated carbocycles. The smallest absolute Gasteiger partial charge is 0.224 e. The Hall–Kier alpha value is -3.37. The molecule has 0 unspecified atom stereocenters. The number of benzene rings is 3. The lowest BCUT2D eigenvalue weighted by Gasteiger charge is -2.32. The van der Waals surface area contributed by atoms with Crippen molar-refractivity contribution in [3.63, 3.8) is 0 Å². The molecule has 0 atom stereocenters. The first-order valence-electron chi connectivity index (χ1n) is 11.2. The lowest BCUT2D eigenvalue weighted by atomic mass is 9.91. The Morgan fingerprint density at radius 2 is 1.69 bits per heavy atom. The lowest BCUT2D eigenvalue weighted by Crippen LogP contribution is -2.53. The monoisotopic (exact) mass is 435 g/mol. The zero-order valence-electron chi connectivity index (χ0n) is 19.2.